The molecule has 1 atom stereocenters. The van der Waals surface area contributed by atoms with Crippen molar-refractivity contribution in [2.75, 3.05) is 11.4 Å². The lowest BCUT2D eigenvalue weighted by atomic mass is 9.89. The highest BCUT2D eigenvalue weighted by molar-refractivity contribution is 7.21. The third-order valence-corrected chi connectivity index (χ3v) is 12.2. The number of oxazole rings is 1. The van der Waals surface area contributed by atoms with Gasteiger partial charge in [0.25, 0.3) is 0 Å². The molecule has 1 aliphatic heterocycles. The number of hydrogen-bond acceptors (Lipinski definition) is 6. The van der Waals surface area contributed by atoms with Crippen molar-refractivity contribution in [3.63, 3.8) is 0 Å². The van der Waals surface area contributed by atoms with Crippen molar-refractivity contribution >= 4 is 65.7 Å². The van der Waals surface area contributed by atoms with E-state index in [0.29, 0.717) is 5.89 Å². The summed E-state index contributed by atoms with van der Waals surface area (Å²) in [5.74, 6) is 0.389. The van der Waals surface area contributed by atoms with Gasteiger partial charge in [-0.2, -0.15) is 5.10 Å². The molecule has 256 valence electrons. The number of benzene rings is 6. The minimum atomic E-state index is -0.186. The smallest absolute Gasteiger partial charge is 0.228 e. The number of nitrogens with one attached hydrogen (secondary N) is 2. The van der Waals surface area contributed by atoms with Gasteiger partial charge in [0.15, 0.2) is 5.58 Å². The quantitative estimate of drug-likeness (QED) is 0.185. The second-order valence-corrected chi connectivity index (χ2v) is 15.1. The molecule has 2 N–H and O–H groups in total. The molecule has 54 heavy (non-hydrogen) atoms. The number of para-hydroxylation sites is 6. The fraction of sp³-hybridized carbons (Fsp3) is 0.0652. The topological polar surface area (TPSA) is 86.6 Å². The second-order valence-electron chi connectivity index (χ2n) is 14.1. The summed E-state index contributed by atoms with van der Waals surface area (Å²) in [5.41, 5.74) is 15.9. The number of hydrogen-bond donors (Lipinski definition) is 2. The van der Waals surface area contributed by atoms with Crippen LogP contribution in [0.5, 0.6) is 0 Å². The standard InChI is InChI=1S/C46H30N6OS/c1-4-14-31-27(12-1)25-35(47-31)42-39-29(41(43-28-13-3-5-15-32(28)50-51-43)44(42)52-24-23-26-11-2-8-18-36(26)52)21-22-30(45-48-33-16-6-9-19-37(33)53-45)40(39)46-49-34-17-7-10-20-38(34)54-46/h1-22,25,41,47H,23-24H2,(H,50,51). The summed E-state index contributed by atoms with van der Waals surface area (Å²) in [5, 5.41) is 11.7. The van der Waals surface area contributed by atoms with Crippen molar-refractivity contribution in [3.8, 4) is 22.0 Å². The van der Waals surface area contributed by atoms with Crippen LogP contribution in [0, 0.1) is 0 Å². The van der Waals surface area contributed by atoms with E-state index in [1.807, 2.05) is 24.3 Å². The largest absolute Gasteiger partial charge is 0.436 e. The van der Waals surface area contributed by atoms with Gasteiger partial charge in [0.05, 0.1) is 27.3 Å². The number of fused-ring (bicyclic) bond motifs is 6. The van der Waals surface area contributed by atoms with Gasteiger partial charge in [-0.15, -0.1) is 11.3 Å². The van der Waals surface area contributed by atoms with Crippen LogP contribution in [-0.2, 0) is 6.42 Å². The fourth-order valence-corrected chi connectivity index (χ4v) is 9.79. The van der Waals surface area contributed by atoms with Gasteiger partial charge in [-0.1, -0.05) is 84.9 Å². The van der Waals surface area contributed by atoms with Crippen molar-refractivity contribution in [1.82, 2.24) is 25.1 Å². The highest BCUT2D eigenvalue weighted by Gasteiger charge is 2.43. The molecule has 0 radical (unpaired) electrons. The predicted molar refractivity (Wildman–Crippen MR) is 218 cm³/mol. The first-order valence-corrected chi connectivity index (χ1v) is 19.1. The van der Waals surface area contributed by atoms with Crippen LogP contribution in [-0.4, -0.2) is 31.7 Å². The maximum atomic E-state index is 6.58. The number of thiazole rings is 1. The average Bonchev–Trinajstić information content (AvgIpc) is 4.07. The molecule has 0 amide bonds. The first-order valence-electron chi connectivity index (χ1n) is 18.3. The van der Waals surface area contributed by atoms with Crippen LogP contribution >= 0.6 is 11.3 Å². The molecule has 0 bridgehead atoms. The van der Waals surface area contributed by atoms with E-state index in [4.69, 9.17) is 19.5 Å². The van der Waals surface area contributed by atoms with Gasteiger partial charge in [0.1, 0.15) is 10.5 Å². The number of rotatable bonds is 5. The normalized spacial score (nSPS) is 15.3. The van der Waals surface area contributed by atoms with Crippen LogP contribution in [0.15, 0.2) is 150 Å². The van der Waals surface area contributed by atoms with Crippen molar-refractivity contribution in [2.45, 2.75) is 12.3 Å². The number of H-pyrrole nitrogens is 2. The van der Waals surface area contributed by atoms with Crippen LogP contribution in [0.25, 0.3) is 70.7 Å². The Morgan fingerprint density at radius 2 is 1.52 bits per heavy atom. The van der Waals surface area contributed by atoms with E-state index in [-0.39, 0.29) is 5.92 Å². The highest BCUT2D eigenvalue weighted by Crippen LogP contribution is 2.57. The zero-order valence-corrected chi connectivity index (χ0v) is 29.7. The Hall–Kier alpha value is -6.77. The van der Waals surface area contributed by atoms with Crippen molar-refractivity contribution in [1.29, 1.82) is 0 Å². The molecule has 7 nitrogen and oxygen atoms in total. The minimum absolute atomic E-state index is 0.186. The number of aromatic nitrogens is 5. The van der Waals surface area contributed by atoms with E-state index in [1.165, 1.54) is 22.5 Å². The van der Waals surface area contributed by atoms with Gasteiger partial charge in [0, 0.05) is 62.2 Å². The van der Waals surface area contributed by atoms with Gasteiger partial charge >= 0.3 is 0 Å². The van der Waals surface area contributed by atoms with Gasteiger partial charge in [0.2, 0.25) is 5.89 Å². The number of nitrogens with zero attached hydrogens (tertiary/aromatic N) is 4. The molecule has 8 heteroatoms. The second kappa shape index (κ2) is 11.4. The molecule has 10 aromatic rings. The van der Waals surface area contributed by atoms with Crippen LogP contribution < -0.4 is 4.90 Å². The molecule has 5 heterocycles. The van der Waals surface area contributed by atoms with E-state index in [9.17, 15) is 0 Å². The Labute approximate surface area is 313 Å². The molecular formula is C46H30N6OS. The van der Waals surface area contributed by atoms with Crippen LogP contribution in [0.2, 0.25) is 0 Å². The SMILES string of the molecule is c1ccc2c(c1)CCN2C1=C(c2cc3ccccc3[nH]2)c2c(ccc(-c3nc4ccccc4o3)c2-c2nc3ccccc3s2)C1c1n[nH]c2ccccc12. The lowest BCUT2D eigenvalue weighted by Crippen LogP contribution is -2.24. The molecule has 0 spiro atoms. The van der Waals surface area contributed by atoms with Crippen molar-refractivity contribution in [2.24, 2.45) is 0 Å². The third-order valence-electron chi connectivity index (χ3n) is 11.1. The molecule has 12 rings (SSSR count). The van der Waals surface area contributed by atoms with E-state index in [2.05, 4.69) is 130 Å². The Balaban J connectivity index is 1.25. The first-order chi connectivity index (χ1) is 26.8. The Kier molecular flexibility index (Phi) is 6.26. The lowest BCUT2D eigenvalue weighted by molar-refractivity contribution is 0.620. The maximum Gasteiger partial charge on any atom is 0.228 e. The molecule has 0 saturated carbocycles. The maximum absolute atomic E-state index is 6.58. The fourth-order valence-electron chi connectivity index (χ4n) is 8.76. The van der Waals surface area contributed by atoms with E-state index < -0.39 is 0 Å². The molecule has 2 aliphatic rings. The van der Waals surface area contributed by atoms with Crippen LogP contribution in [0.4, 0.5) is 5.69 Å². The van der Waals surface area contributed by atoms with Gasteiger partial charge in [-0.25, -0.2) is 9.97 Å². The van der Waals surface area contributed by atoms with Gasteiger partial charge < -0.3 is 14.3 Å². The molecule has 1 unspecified atom stereocenters. The summed E-state index contributed by atoms with van der Waals surface area (Å²) in [6.07, 6.45) is 0.961. The summed E-state index contributed by atoms with van der Waals surface area (Å²) in [7, 11) is 0. The lowest BCUT2D eigenvalue weighted by Gasteiger charge is -2.27. The summed E-state index contributed by atoms with van der Waals surface area (Å²) in [6.45, 7) is 0.861. The summed E-state index contributed by atoms with van der Waals surface area (Å²) < 4.78 is 7.71. The monoisotopic (exact) mass is 714 g/mol. The van der Waals surface area contributed by atoms with Gasteiger partial charge in [-0.3, -0.25) is 5.10 Å². The van der Waals surface area contributed by atoms with Crippen LogP contribution in [0.3, 0.4) is 0 Å². The van der Waals surface area contributed by atoms with Crippen molar-refractivity contribution in [3.05, 3.63) is 173 Å². The average molecular weight is 715 g/mol. The first kappa shape index (κ1) is 29.8. The summed E-state index contributed by atoms with van der Waals surface area (Å²) in [4.78, 5) is 16.8. The zero-order chi connectivity index (χ0) is 35.3. The Morgan fingerprint density at radius 3 is 2.43 bits per heavy atom. The molecule has 0 fully saturated rings. The van der Waals surface area contributed by atoms with Crippen molar-refractivity contribution < 1.29 is 4.42 Å². The van der Waals surface area contributed by atoms with Crippen LogP contribution in [0.1, 0.15) is 34.0 Å². The Morgan fingerprint density at radius 1 is 0.722 bits per heavy atom. The predicted octanol–water partition coefficient (Wildman–Crippen LogP) is 11.1. The molecule has 6 aromatic carbocycles. The summed E-state index contributed by atoms with van der Waals surface area (Å²) >= 11 is 1.71. The van der Waals surface area contributed by atoms with E-state index >= 15 is 0 Å². The number of aromatic amines is 2. The summed E-state index contributed by atoms with van der Waals surface area (Å²) in [6, 6.07) is 48.9. The minimum Gasteiger partial charge on any atom is -0.436 e. The molecular weight excluding hydrogens is 685 g/mol. The molecule has 1 aliphatic carbocycles. The third kappa shape index (κ3) is 4.31. The molecule has 0 saturated heterocycles. The van der Waals surface area contributed by atoms with Gasteiger partial charge in [-0.05, 0) is 72.1 Å². The van der Waals surface area contributed by atoms with E-state index in [1.54, 1.807) is 11.3 Å². The number of allylic oxidation sites excluding steroid dienone is 1. The molecule has 4 aromatic heterocycles. The Bertz CT molecular complexity index is 3060. The number of anilines is 1. The van der Waals surface area contributed by atoms with E-state index in [0.717, 1.165) is 94.7 Å². The highest BCUT2D eigenvalue weighted by atomic mass is 32.1. The zero-order valence-electron chi connectivity index (χ0n) is 28.9.